The number of nitrogens with zero attached hydrogens (tertiary/aromatic N) is 1. The molecule has 1 aromatic carbocycles. The van der Waals surface area contributed by atoms with E-state index in [1.807, 2.05) is 6.07 Å². The number of fused-ring (bicyclic) bond motifs is 2. The molecule has 1 aliphatic heterocycles. The third kappa shape index (κ3) is 4.20. The van der Waals surface area contributed by atoms with Crippen LogP contribution in [-0.4, -0.2) is 24.0 Å². The number of carbonyl (C=O) groups is 1. The van der Waals surface area contributed by atoms with Gasteiger partial charge in [0.2, 0.25) is 5.91 Å². The van der Waals surface area contributed by atoms with Crippen molar-refractivity contribution in [3.63, 3.8) is 0 Å². The lowest BCUT2D eigenvalue weighted by Crippen LogP contribution is -2.50. The van der Waals surface area contributed by atoms with E-state index in [1.54, 1.807) is 0 Å². The van der Waals surface area contributed by atoms with Crippen molar-refractivity contribution < 1.29 is 22.4 Å². The first-order chi connectivity index (χ1) is 14.2. The average molecular weight is 437 g/mol. The number of nitrogens with one attached hydrogen (secondary N) is 2. The Labute approximate surface area is 174 Å². The monoisotopic (exact) mass is 437 g/mol. The molecule has 1 aromatic heterocycles. The zero-order valence-electron chi connectivity index (χ0n) is 15.8. The van der Waals surface area contributed by atoms with E-state index in [1.165, 1.54) is 18.2 Å². The summed E-state index contributed by atoms with van der Waals surface area (Å²) in [6.07, 6.45) is -1.45. The molecule has 4 rings (SSSR count). The summed E-state index contributed by atoms with van der Waals surface area (Å²) < 4.78 is 52.9. The van der Waals surface area contributed by atoms with E-state index in [9.17, 15) is 27.6 Å². The maximum Gasteiger partial charge on any atom is 0.425 e. The van der Waals surface area contributed by atoms with Crippen LogP contribution in [0.15, 0.2) is 30.3 Å². The molecule has 1 amide bonds. The lowest BCUT2D eigenvalue weighted by Gasteiger charge is -2.23. The largest absolute Gasteiger partial charge is 0.425 e. The van der Waals surface area contributed by atoms with Gasteiger partial charge in [0.05, 0.1) is 12.1 Å². The Balaban J connectivity index is 1.43. The van der Waals surface area contributed by atoms with E-state index in [4.69, 9.17) is 0 Å². The van der Waals surface area contributed by atoms with E-state index < -0.39 is 22.9 Å². The predicted molar refractivity (Wildman–Crippen MR) is 104 cm³/mol. The third-order valence-electron chi connectivity index (χ3n) is 5.76. The highest BCUT2D eigenvalue weighted by atomic mass is 32.1. The number of alkyl halides is 3. The van der Waals surface area contributed by atoms with E-state index in [2.05, 4.69) is 10.6 Å². The number of nitriles is 1. The van der Waals surface area contributed by atoms with Gasteiger partial charge in [-0.1, -0.05) is 12.1 Å². The molecule has 30 heavy (non-hydrogen) atoms. The maximum atomic E-state index is 14.6. The van der Waals surface area contributed by atoms with Crippen molar-refractivity contribution in [3.05, 3.63) is 46.6 Å². The van der Waals surface area contributed by atoms with Gasteiger partial charge in [-0.15, -0.1) is 11.3 Å². The highest BCUT2D eigenvalue weighted by molar-refractivity contribution is 7.15. The molecule has 1 saturated heterocycles. The second kappa shape index (κ2) is 8.00. The smallest absolute Gasteiger partial charge is 0.339 e. The summed E-state index contributed by atoms with van der Waals surface area (Å²) in [7, 11) is 0. The van der Waals surface area contributed by atoms with Gasteiger partial charge in [0.1, 0.15) is 16.7 Å². The van der Waals surface area contributed by atoms with Crippen LogP contribution in [0.5, 0.6) is 0 Å². The van der Waals surface area contributed by atoms with Gasteiger partial charge in [-0.05, 0) is 54.5 Å². The number of thiophene rings is 1. The van der Waals surface area contributed by atoms with Gasteiger partial charge in [0.15, 0.2) is 0 Å². The predicted octanol–water partition coefficient (Wildman–Crippen LogP) is 4.26. The molecule has 2 N–H and O–H groups in total. The number of halogens is 4. The van der Waals surface area contributed by atoms with Crippen LogP contribution in [0.4, 0.5) is 17.6 Å². The van der Waals surface area contributed by atoms with Crippen LogP contribution in [-0.2, 0) is 17.4 Å². The fourth-order valence-corrected chi connectivity index (χ4v) is 5.14. The summed E-state index contributed by atoms with van der Waals surface area (Å²) >= 11 is 0.546. The number of piperidine rings is 1. The Bertz CT molecular complexity index is 997. The van der Waals surface area contributed by atoms with Gasteiger partial charge in [-0.25, -0.2) is 4.39 Å². The van der Waals surface area contributed by atoms with E-state index in [-0.39, 0.29) is 29.9 Å². The molecule has 4 nitrogen and oxygen atoms in total. The van der Waals surface area contributed by atoms with Crippen LogP contribution in [0.25, 0.3) is 10.4 Å². The highest BCUT2D eigenvalue weighted by Gasteiger charge is 2.43. The summed E-state index contributed by atoms with van der Waals surface area (Å²) in [5, 5.41) is 15.3. The van der Waals surface area contributed by atoms with Crippen molar-refractivity contribution in [2.45, 2.75) is 50.0 Å². The molecule has 2 bridgehead atoms. The van der Waals surface area contributed by atoms with Crippen molar-refractivity contribution in [2.75, 3.05) is 0 Å². The van der Waals surface area contributed by atoms with Crippen molar-refractivity contribution in [3.8, 4) is 16.5 Å². The Kier molecular flexibility index (Phi) is 5.55. The quantitative estimate of drug-likeness (QED) is 0.687. The van der Waals surface area contributed by atoms with Gasteiger partial charge in [0.25, 0.3) is 0 Å². The summed E-state index contributed by atoms with van der Waals surface area (Å²) in [6, 6.07) is 7.56. The second-order valence-electron chi connectivity index (χ2n) is 7.78. The number of rotatable bonds is 5. The minimum atomic E-state index is -4.44. The minimum absolute atomic E-state index is 0.0204. The molecule has 9 heteroatoms. The molecule has 158 valence electrons. The number of hydrogen-bond acceptors (Lipinski definition) is 4. The first-order valence-electron chi connectivity index (χ1n) is 9.66. The standard InChI is InChI=1S/C21H19F4N3OS/c22-16-9-12(17-5-6-18(30-17)21(23,24)25)2-1-11(16)7-15(10-26)28-20(29)19-13-3-4-14(8-13)27-19/h1-2,5-6,9,13-15,19,27H,3-4,7-8H2,(H,28,29)/t13-,14+,15-,19-/m0/s1. The topological polar surface area (TPSA) is 64.9 Å². The zero-order valence-corrected chi connectivity index (χ0v) is 16.6. The van der Waals surface area contributed by atoms with Gasteiger partial charge < -0.3 is 10.6 Å². The molecule has 2 heterocycles. The van der Waals surface area contributed by atoms with Gasteiger partial charge in [0, 0.05) is 17.3 Å². The summed E-state index contributed by atoms with van der Waals surface area (Å²) in [5.41, 5.74) is 0.555. The molecular formula is C21H19F4N3OS. The Hall–Kier alpha value is -2.44. The Morgan fingerprint density at radius 1 is 1.30 bits per heavy atom. The Morgan fingerprint density at radius 2 is 2.10 bits per heavy atom. The minimum Gasteiger partial charge on any atom is -0.339 e. The summed E-state index contributed by atoms with van der Waals surface area (Å²) in [6.45, 7) is 0. The maximum absolute atomic E-state index is 14.6. The summed E-state index contributed by atoms with van der Waals surface area (Å²) in [5.74, 6) is -0.594. The van der Waals surface area contributed by atoms with Crippen molar-refractivity contribution in [2.24, 2.45) is 5.92 Å². The lowest BCUT2D eigenvalue weighted by molar-refractivity contribution is -0.134. The number of benzene rings is 1. The Morgan fingerprint density at radius 3 is 2.67 bits per heavy atom. The van der Waals surface area contributed by atoms with Gasteiger partial charge in [-0.2, -0.15) is 18.4 Å². The molecule has 0 unspecified atom stereocenters. The molecule has 2 aliphatic rings. The highest BCUT2D eigenvalue weighted by Crippen LogP contribution is 2.39. The molecular weight excluding hydrogens is 418 g/mol. The van der Waals surface area contributed by atoms with Gasteiger partial charge in [-0.3, -0.25) is 4.79 Å². The fraction of sp³-hybridized carbons (Fsp3) is 0.429. The van der Waals surface area contributed by atoms with Crippen LogP contribution in [0, 0.1) is 23.1 Å². The molecule has 0 radical (unpaired) electrons. The molecule has 1 aliphatic carbocycles. The van der Waals surface area contributed by atoms with Crippen LogP contribution < -0.4 is 10.6 Å². The first kappa shape index (κ1) is 20.8. The van der Waals surface area contributed by atoms with Crippen molar-refractivity contribution in [1.82, 2.24) is 10.6 Å². The molecule has 2 aromatic rings. The van der Waals surface area contributed by atoms with E-state index >= 15 is 0 Å². The summed E-state index contributed by atoms with van der Waals surface area (Å²) in [4.78, 5) is 12.1. The van der Waals surface area contributed by atoms with Crippen LogP contribution in [0.2, 0.25) is 0 Å². The molecule has 0 spiro atoms. The molecule has 2 fully saturated rings. The SMILES string of the molecule is N#C[C@H](Cc1ccc(-c2ccc(C(F)(F)F)s2)cc1F)NC(=O)[C@H]1N[C@@H]2CC[C@H]1C2. The number of hydrogen-bond donors (Lipinski definition) is 2. The lowest BCUT2D eigenvalue weighted by atomic mass is 9.98. The van der Waals surface area contributed by atoms with E-state index in [0.29, 0.717) is 27.8 Å². The van der Waals surface area contributed by atoms with Crippen molar-refractivity contribution >= 4 is 17.2 Å². The number of amides is 1. The van der Waals surface area contributed by atoms with E-state index in [0.717, 1.165) is 31.4 Å². The van der Waals surface area contributed by atoms with Gasteiger partial charge >= 0.3 is 6.18 Å². The molecule has 4 atom stereocenters. The number of carbonyl (C=O) groups excluding carboxylic acids is 1. The normalized spacial score (nSPS) is 23.9. The van der Waals surface area contributed by atoms with Crippen molar-refractivity contribution in [1.29, 1.82) is 5.26 Å². The molecule has 1 saturated carbocycles. The van der Waals surface area contributed by atoms with Crippen LogP contribution in [0.1, 0.15) is 29.7 Å². The second-order valence-corrected chi connectivity index (χ2v) is 8.86. The third-order valence-corrected chi connectivity index (χ3v) is 6.94. The zero-order chi connectivity index (χ0) is 21.5. The van der Waals surface area contributed by atoms with Crippen LogP contribution in [0.3, 0.4) is 0 Å². The fourth-order valence-electron chi connectivity index (χ4n) is 4.27. The van der Waals surface area contributed by atoms with Crippen LogP contribution >= 0.6 is 11.3 Å². The average Bonchev–Trinajstić information content (AvgIpc) is 3.44. The first-order valence-corrected chi connectivity index (χ1v) is 10.5.